The van der Waals surface area contributed by atoms with Crippen molar-refractivity contribution in [2.75, 3.05) is 0 Å². The molecule has 1 heterocycles. The van der Waals surface area contributed by atoms with Crippen LogP contribution in [0.2, 0.25) is 0 Å². The van der Waals surface area contributed by atoms with Crippen molar-refractivity contribution in [1.29, 1.82) is 0 Å². The molecule has 0 fully saturated rings. The third-order valence-electron chi connectivity index (χ3n) is 4.12. The van der Waals surface area contributed by atoms with Gasteiger partial charge in [-0.1, -0.05) is 81.2 Å². The van der Waals surface area contributed by atoms with E-state index in [0.717, 1.165) is 12.2 Å². The summed E-state index contributed by atoms with van der Waals surface area (Å²) in [4.78, 5) is 0. The standard InChI is InChI=1S/C19H30N3.BrH/c1-2-3-4-5-6-7-8-9-13-16-21-17-20-22(18-21)19-14-11-10-12-15-19;/h10-12,14-15,17-18H,2-9,13,16H2,1H3;1H/q+1;/p-1. The Kier molecular flexibility index (Phi) is 10.6. The second-order valence-corrected chi connectivity index (χ2v) is 6.09. The maximum atomic E-state index is 4.42. The number of aryl methyl sites for hydroxylation is 1. The van der Waals surface area contributed by atoms with Crippen LogP contribution in [0.3, 0.4) is 0 Å². The minimum absolute atomic E-state index is 0. The van der Waals surface area contributed by atoms with Gasteiger partial charge in [-0.2, -0.15) is 0 Å². The summed E-state index contributed by atoms with van der Waals surface area (Å²) in [5, 5.41) is 4.42. The second-order valence-electron chi connectivity index (χ2n) is 6.09. The fourth-order valence-corrected chi connectivity index (χ4v) is 2.76. The number of halogens is 1. The molecule has 0 unspecified atom stereocenters. The van der Waals surface area contributed by atoms with Gasteiger partial charge in [0.1, 0.15) is 5.69 Å². The highest BCUT2D eigenvalue weighted by Gasteiger charge is 2.07. The van der Waals surface area contributed by atoms with Crippen LogP contribution < -0.4 is 21.5 Å². The molecule has 0 saturated carbocycles. The minimum atomic E-state index is 0. The Morgan fingerprint density at radius 2 is 1.48 bits per heavy atom. The molecule has 3 nitrogen and oxygen atoms in total. The number of hydrogen-bond donors (Lipinski definition) is 0. The summed E-state index contributed by atoms with van der Waals surface area (Å²) in [7, 11) is 0. The average molecular weight is 380 g/mol. The van der Waals surface area contributed by atoms with Crippen molar-refractivity contribution in [3.63, 3.8) is 0 Å². The fraction of sp³-hybridized carbons (Fsp3) is 0.579. The van der Waals surface area contributed by atoms with E-state index >= 15 is 0 Å². The first-order chi connectivity index (χ1) is 10.9. The Labute approximate surface area is 151 Å². The lowest BCUT2D eigenvalue weighted by Gasteiger charge is -2.01. The minimum Gasteiger partial charge on any atom is -1.00 e. The normalized spacial score (nSPS) is 10.5. The molecule has 0 amide bonds. The third-order valence-corrected chi connectivity index (χ3v) is 4.12. The molecular formula is C19H30BrN3. The van der Waals surface area contributed by atoms with Gasteiger partial charge in [-0.05, 0) is 18.6 Å². The van der Waals surface area contributed by atoms with E-state index in [4.69, 9.17) is 0 Å². The van der Waals surface area contributed by atoms with Crippen LogP contribution in [0.5, 0.6) is 0 Å². The van der Waals surface area contributed by atoms with Crippen molar-refractivity contribution in [3.05, 3.63) is 43.0 Å². The summed E-state index contributed by atoms with van der Waals surface area (Å²) in [6.07, 6.45) is 16.4. The van der Waals surface area contributed by atoms with Crippen molar-refractivity contribution in [1.82, 2.24) is 9.78 Å². The highest BCUT2D eigenvalue weighted by atomic mass is 79.9. The fourth-order valence-electron chi connectivity index (χ4n) is 2.76. The summed E-state index contributed by atoms with van der Waals surface area (Å²) in [5.41, 5.74) is 1.12. The van der Waals surface area contributed by atoms with Crippen LogP contribution in [-0.2, 0) is 6.54 Å². The zero-order valence-corrected chi connectivity index (χ0v) is 15.9. The molecule has 0 aliphatic heterocycles. The lowest BCUT2D eigenvalue weighted by atomic mass is 10.1. The molecule has 4 heteroatoms. The quantitative estimate of drug-likeness (QED) is 0.430. The molecule has 0 atom stereocenters. The number of benzene rings is 1. The third kappa shape index (κ3) is 7.78. The molecule has 2 aromatic rings. The molecule has 1 aromatic carbocycles. The Morgan fingerprint density at radius 3 is 2.13 bits per heavy atom. The van der Waals surface area contributed by atoms with E-state index in [9.17, 15) is 0 Å². The van der Waals surface area contributed by atoms with Crippen molar-refractivity contribution in [2.45, 2.75) is 71.3 Å². The van der Waals surface area contributed by atoms with Crippen LogP contribution in [0.25, 0.3) is 5.69 Å². The summed E-state index contributed by atoms with van der Waals surface area (Å²) >= 11 is 0. The van der Waals surface area contributed by atoms with Crippen LogP contribution in [0.1, 0.15) is 64.7 Å². The maximum Gasteiger partial charge on any atom is 0.265 e. The first kappa shape index (κ1) is 19.9. The van der Waals surface area contributed by atoms with Crippen molar-refractivity contribution in [2.24, 2.45) is 0 Å². The van der Waals surface area contributed by atoms with E-state index in [-0.39, 0.29) is 17.0 Å². The van der Waals surface area contributed by atoms with Gasteiger partial charge in [-0.25, -0.2) is 4.57 Å². The van der Waals surface area contributed by atoms with Crippen molar-refractivity contribution >= 4 is 0 Å². The van der Waals surface area contributed by atoms with Crippen LogP contribution >= 0.6 is 0 Å². The molecule has 2 rings (SSSR count). The Hall–Kier alpha value is -1.16. The molecule has 128 valence electrons. The van der Waals surface area contributed by atoms with Crippen LogP contribution in [-0.4, -0.2) is 9.78 Å². The lowest BCUT2D eigenvalue weighted by molar-refractivity contribution is -0.697. The Bertz CT molecular complexity index is 510. The lowest BCUT2D eigenvalue weighted by Crippen LogP contribution is -3.00. The molecule has 0 spiro atoms. The van der Waals surface area contributed by atoms with E-state index in [2.05, 4.69) is 35.0 Å². The second kappa shape index (κ2) is 12.3. The molecule has 0 bridgehead atoms. The molecule has 0 N–H and O–H groups in total. The molecule has 0 aliphatic rings. The van der Waals surface area contributed by atoms with Gasteiger partial charge in [0, 0.05) is 5.10 Å². The predicted octanol–water partition coefficient (Wildman–Crippen LogP) is 1.69. The first-order valence-corrected chi connectivity index (χ1v) is 8.89. The van der Waals surface area contributed by atoms with E-state index < -0.39 is 0 Å². The van der Waals surface area contributed by atoms with Crippen molar-refractivity contribution in [3.8, 4) is 5.69 Å². The Balaban J connectivity index is 0.00000264. The van der Waals surface area contributed by atoms with E-state index in [0.29, 0.717) is 0 Å². The van der Waals surface area contributed by atoms with Crippen molar-refractivity contribution < 1.29 is 21.5 Å². The van der Waals surface area contributed by atoms with Crippen LogP contribution in [0, 0.1) is 0 Å². The molecule has 0 aliphatic carbocycles. The van der Waals surface area contributed by atoms with Gasteiger partial charge in [0.15, 0.2) is 0 Å². The zero-order valence-electron chi connectivity index (χ0n) is 14.3. The molecule has 0 radical (unpaired) electrons. The van der Waals surface area contributed by atoms with Gasteiger partial charge in [0.05, 0.1) is 6.54 Å². The number of hydrogen-bond acceptors (Lipinski definition) is 1. The molecule has 0 saturated heterocycles. The molecule has 23 heavy (non-hydrogen) atoms. The number of rotatable bonds is 11. The number of unbranched alkanes of at least 4 members (excludes halogenated alkanes) is 8. The van der Waals surface area contributed by atoms with Gasteiger partial charge in [0.25, 0.3) is 6.33 Å². The average Bonchev–Trinajstić information content (AvgIpc) is 3.03. The number of para-hydroxylation sites is 1. The predicted molar refractivity (Wildman–Crippen MR) is 91.0 cm³/mol. The van der Waals surface area contributed by atoms with E-state index in [1.54, 1.807) is 0 Å². The van der Waals surface area contributed by atoms with Gasteiger partial charge in [0.2, 0.25) is 6.33 Å². The summed E-state index contributed by atoms with van der Waals surface area (Å²) < 4.78 is 4.13. The maximum absolute atomic E-state index is 4.42. The van der Waals surface area contributed by atoms with Gasteiger partial charge < -0.3 is 17.0 Å². The zero-order chi connectivity index (χ0) is 15.5. The highest BCUT2D eigenvalue weighted by Crippen LogP contribution is 2.09. The SMILES string of the molecule is CCCCCCCCCCC[n+]1cnn(-c2ccccc2)c1.[Br-]. The van der Waals surface area contributed by atoms with Gasteiger partial charge >= 0.3 is 0 Å². The van der Waals surface area contributed by atoms with Crippen LogP contribution in [0.15, 0.2) is 43.0 Å². The summed E-state index contributed by atoms with van der Waals surface area (Å²) in [5.74, 6) is 0. The highest BCUT2D eigenvalue weighted by molar-refractivity contribution is 5.28. The van der Waals surface area contributed by atoms with Crippen LogP contribution in [0.4, 0.5) is 0 Å². The van der Waals surface area contributed by atoms with Gasteiger partial charge in [-0.3, -0.25) is 0 Å². The topological polar surface area (TPSA) is 21.7 Å². The first-order valence-electron chi connectivity index (χ1n) is 8.89. The number of nitrogens with zero attached hydrogens (tertiary/aromatic N) is 3. The van der Waals surface area contributed by atoms with E-state index in [1.165, 1.54) is 57.8 Å². The molecular weight excluding hydrogens is 350 g/mol. The summed E-state index contributed by atoms with van der Waals surface area (Å²) in [6, 6.07) is 10.3. The Morgan fingerprint density at radius 1 is 0.870 bits per heavy atom. The smallest absolute Gasteiger partial charge is 0.265 e. The summed E-state index contributed by atoms with van der Waals surface area (Å²) in [6.45, 7) is 3.35. The largest absolute Gasteiger partial charge is 1.00 e. The van der Waals surface area contributed by atoms with Gasteiger partial charge in [-0.15, -0.1) is 0 Å². The molecule has 1 aromatic heterocycles. The van der Waals surface area contributed by atoms with E-state index in [1.807, 2.05) is 29.2 Å². The monoisotopic (exact) mass is 379 g/mol. The number of aromatic nitrogens is 3.